The molecule has 2 aromatic carbocycles. The zero-order chi connectivity index (χ0) is 22.3. The van der Waals surface area contributed by atoms with Crippen molar-refractivity contribution in [3.05, 3.63) is 83.6 Å². The molecular weight excluding hydrogens is 408 g/mol. The van der Waals surface area contributed by atoms with E-state index in [0.29, 0.717) is 32.7 Å². The standard InChI is InChI=1S/C25H28N2O5/c1-18-24(26-17-31-18)23(14-19-7-4-3-5-8-19)32-21-10-6-9-20(13-21)15-27-11-12-30-16-22(27)25(28)29-2/h3-10,13,17,22-23H,11-12,14-16H2,1-2H3/t22-,23?/m0/s1. The summed E-state index contributed by atoms with van der Waals surface area (Å²) in [5.41, 5.74) is 3.00. The van der Waals surface area contributed by atoms with Crippen LogP contribution < -0.4 is 4.74 Å². The molecule has 4 rings (SSSR count). The first-order valence-electron chi connectivity index (χ1n) is 10.7. The molecule has 0 N–H and O–H groups in total. The SMILES string of the molecule is COC(=O)[C@@H]1COCCN1Cc1cccc(OC(Cc2ccccc2)c2ncoc2C)c1. The maximum atomic E-state index is 12.1. The number of aryl methyl sites for hydroxylation is 1. The van der Waals surface area contributed by atoms with Gasteiger partial charge in [-0.3, -0.25) is 9.69 Å². The molecule has 0 aliphatic carbocycles. The van der Waals surface area contributed by atoms with E-state index in [1.807, 2.05) is 49.4 Å². The summed E-state index contributed by atoms with van der Waals surface area (Å²) in [5.74, 6) is 1.21. The summed E-state index contributed by atoms with van der Waals surface area (Å²) >= 11 is 0. The number of esters is 1. The van der Waals surface area contributed by atoms with Crippen molar-refractivity contribution >= 4 is 5.97 Å². The van der Waals surface area contributed by atoms with Gasteiger partial charge < -0.3 is 18.6 Å². The van der Waals surface area contributed by atoms with E-state index in [0.717, 1.165) is 28.3 Å². The van der Waals surface area contributed by atoms with Crippen molar-refractivity contribution in [3.8, 4) is 5.75 Å². The summed E-state index contributed by atoms with van der Waals surface area (Å²) in [7, 11) is 1.41. The van der Waals surface area contributed by atoms with Gasteiger partial charge in [0.25, 0.3) is 0 Å². The lowest BCUT2D eigenvalue weighted by molar-refractivity contribution is -0.153. The number of rotatable bonds is 8. The number of aromatic nitrogens is 1. The van der Waals surface area contributed by atoms with Crippen molar-refractivity contribution in [2.45, 2.75) is 32.0 Å². The molecule has 1 aromatic heterocycles. The van der Waals surface area contributed by atoms with Crippen LogP contribution in [0.5, 0.6) is 5.75 Å². The minimum Gasteiger partial charge on any atom is -0.484 e. The first-order chi connectivity index (χ1) is 15.6. The lowest BCUT2D eigenvalue weighted by atomic mass is 10.0. The second kappa shape index (κ2) is 10.4. The van der Waals surface area contributed by atoms with Crippen molar-refractivity contribution in [1.29, 1.82) is 0 Å². The van der Waals surface area contributed by atoms with Crippen LogP contribution in [-0.2, 0) is 27.2 Å². The van der Waals surface area contributed by atoms with Crippen LogP contribution >= 0.6 is 0 Å². The third kappa shape index (κ3) is 5.36. The van der Waals surface area contributed by atoms with Gasteiger partial charge in [-0.2, -0.15) is 0 Å². The third-order valence-electron chi connectivity index (χ3n) is 5.63. The van der Waals surface area contributed by atoms with Crippen molar-refractivity contribution in [2.75, 3.05) is 26.9 Å². The molecule has 1 aliphatic heterocycles. The summed E-state index contributed by atoms with van der Waals surface area (Å²) in [4.78, 5) is 18.6. The number of carbonyl (C=O) groups excluding carboxylic acids is 1. The molecule has 7 nitrogen and oxygen atoms in total. The zero-order valence-electron chi connectivity index (χ0n) is 18.4. The topological polar surface area (TPSA) is 74.0 Å². The average molecular weight is 437 g/mol. The van der Waals surface area contributed by atoms with Crippen molar-refractivity contribution in [1.82, 2.24) is 9.88 Å². The van der Waals surface area contributed by atoms with Gasteiger partial charge in [-0.15, -0.1) is 0 Å². The first-order valence-corrected chi connectivity index (χ1v) is 10.7. The number of nitrogens with zero attached hydrogens (tertiary/aromatic N) is 2. The largest absolute Gasteiger partial charge is 0.484 e. The van der Waals surface area contributed by atoms with Gasteiger partial charge in [-0.05, 0) is 30.2 Å². The molecule has 0 radical (unpaired) electrons. The lowest BCUT2D eigenvalue weighted by Gasteiger charge is -2.33. The number of carbonyl (C=O) groups is 1. The highest BCUT2D eigenvalue weighted by atomic mass is 16.5. The highest BCUT2D eigenvalue weighted by Gasteiger charge is 2.30. The Hall–Kier alpha value is -3.16. The van der Waals surface area contributed by atoms with E-state index in [-0.39, 0.29) is 12.1 Å². The Bertz CT molecular complexity index is 1020. The van der Waals surface area contributed by atoms with E-state index in [1.165, 1.54) is 13.5 Å². The molecule has 1 fully saturated rings. The molecule has 1 saturated heterocycles. The molecule has 2 heterocycles. The summed E-state index contributed by atoms with van der Waals surface area (Å²) in [5, 5.41) is 0. The molecule has 168 valence electrons. The smallest absolute Gasteiger partial charge is 0.325 e. The van der Waals surface area contributed by atoms with Gasteiger partial charge in [0.1, 0.15) is 29.3 Å². The van der Waals surface area contributed by atoms with E-state index in [2.05, 4.69) is 22.0 Å². The van der Waals surface area contributed by atoms with Crippen LogP contribution in [0.25, 0.3) is 0 Å². The highest BCUT2D eigenvalue weighted by molar-refractivity contribution is 5.75. The van der Waals surface area contributed by atoms with Crippen LogP contribution in [0.1, 0.15) is 28.7 Å². The number of hydrogen-bond acceptors (Lipinski definition) is 7. The number of ether oxygens (including phenoxy) is 3. The fraction of sp³-hybridized carbons (Fsp3) is 0.360. The Balaban J connectivity index is 1.52. The Labute approximate surface area is 187 Å². The molecule has 0 saturated carbocycles. The summed E-state index contributed by atoms with van der Waals surface area (Å²) in [6.07, 6.45) is 1.85. The minimum atomic E-state index is -0.401. The summed E-state index contributed by atoms with van der Waals surface area (Å²) in [6.45, 7) is 4.10. The quantitative estimate of drug-likeness (QED) is 0.498. The highest BCUT2D eigenvalue weighted by Crippen LogP contribution is 2.28. The van der Waals surface area contributed by atoms with Crippen molar-refractivity contribution in [3.63, 3.8) is 0 Å². The zero-order valence-corrected chi connectivity index (χ0v) is 18.4. The minimum absolute atomic E-state index is 0.276. The van der Waals surface area contributed by atoms with Gasteiger partial charge in [0.05, 0.1) is 20.3 Å². The first kappa shape index (κ1) is 22.0. The molecule has 0 bridgehead atoms. The maximum Gasteiger partial charge on any atom is 0.325 e. The number of benzene rings is 2. The van der Waals surface area contributed by atoms with Crippen molar-refractivity contribution < 1.29 is 23.4 Å². The molecule has 32 heavy (non-hydrogen) atoms. The predicted molar refractivity (Wildman–Crippen MR) is 118 cm³/mol. The van der Waals surface area contributed by atoms with Crippen LogP contribution in [-0.4, -0.2) is 48.8 Å². The fourth-order valence-electron chi connectivity index (χ4n) is 3.94. The Kier molecular flexibility index (Phi) is 7.19. The number of methoxy groups -OCH3 is 1. The van der Waals surface area contributed by atoms with Gasteiger partial charge >= 0.3 is 5.97 Å². The molecule has 7 heteroatoms. The summed E-state index contributed by atoms with van der Waals surface area (Å²) < 4.78 is 22.3. The third-order valence-corrected chi connectivity index (χ3v) is 5.63. The summed E-state index contributed by atoms with van der Waals surface area (Å²) in [6, 6.07) is 17.7. The van der Waals surface area contributed by atoms with Crippen molar-refractivity contribution in [2.24, 2.45) is 0 Å². The fourth-order valence-corrected chi connectivity index (χ4v) is 3.94. The second-order valence-corrected chi connectivity index (χ2v) is 7.82. The normalized spacial score (nSPS) is 17.6. The van der Waals surface area contributed by atoms with Gasteiger partial charge in [0.2, 0.25) is 0 Å². The van der Waals surface area contributed by atoms with E-state index < -0.39 is 6.04 Å². The monoisotopic (exact) mass is 436 g/mol. The van der Waals surface area contributed by atoms with Crippen LogP contribution in [0.2, 0.25) is 0 Å². The Morgan fingerprint density at radius 2 is 2.00 bits per heavy atom. The molecule has 3 aromatic rings. The molecule has 1 aliphatic rings. The molecule has 0 spiro atoms. The van der Waals surface area contributed by atoms with Gasteiger partial charge in [-0.1, -0.05) is 42.5 Å². The molecule has 0 amide bonds. The van der Waals surface area contributed by atoms with E-state index >= 15 is 0 Å². The molecular formula is C25H28N2O5. The number of hydrogen-bond donors (Lipinski definition) is 0. The second-order valence-electron chi connectivity index (χ2n) is 7.82. The number of oxazole rings is 1. The van der Waals surface area contributed by atoms with E-state index in [4.69, 9.17) is 18.6 Å². The van der Waals surface area contributed by atoms with Crippen LogP contribution in [0, 0.1) is 6.92 Å². The number of morpholine rings is 1. The van der Waals surface area contributed by atoms with E-state index in [1.54, 1.807) is 0 Å². The van der Waals surface area contributed by atoms with Crippen LogP contribution in [0.3, 0.4) is 0 Å². The van der Waals surface area contributed by atoms with Crippen LogP contribution in [0.15, 0.2) is 65.4 Å². The molecule has 2 atom stereocenters. The van der Waals surface area contributed by atoms with E-state index in [9.17, 15) is 4.79 Å². The lowest BCUT2D eigenvalue weighted by Crippen LogP contribution is -2.49. The van der Waals surface area contributed by atoms with Gasteiger partial charge in [0.15, 0.2) is 6.39 Å². The van der Waals surface area contributed by atoms with Gasteiger partial charge in [-0.25, -0.2) is 4.98 Å². The predicted octanol–water partition coefficient (Wildman–Crippen LogP) is 3.72. The molecule has 1 unspecified atom stereocenters. The average Bonchev–Trinajstić information content (AvgIpc) is 3.25. The maximum absolute atomic E-state index is 12.1. The van der Waals surface area contributed by atoms with Crippen LogP contribution in [0.4, 0.5) is 0 Å². The van der Waals surface area contributed by atoms with Gasteiger partial charge in [0, 0.05) is 19.5 Å². The Morgan fingerprint density at radius 1 is 1.19 bits per heavy atom. The Morgan fingerprint density at radius 3 is 2.75 bits per heavy atom.